The Morgan fingerprint density at radius 1 is 1.28 bits per heavy atom. The zero-order chi connectivity index (χ0) is 18.1. The Bertz CT molecular complexity index is 546. The van der Waals surface area contributed by atoms with Crippen LogP contribution in [-0.4, -0.2) is 48.5 Å². The monoisotopic (exact) mass is 362 g/mol. The number of hydrogen-bond donors (Lipinski definition) is 2. The van der Waals surface area contributed by atoms with Crippen LogP contribution in [0.25, 0.3) is 0 Å². The summed E-state index contributed by atoms with van der Waals surface area (Å²) in [5.41, 5.74) is 2.63. The van der Waals surface area contributed by atoms with Gasteiger partial charge in [-0.05, 0) is 57.2 Å². The first-order chi connectivity index (χ1) is 12.1. The smallest absolute Gasteiger partial charge is 0.191 e. The summed E-state index contributed by atoms with van der Waals surface area (Å²) in [6, 6.07) is 9.34. The van der Waals surface area contributed by atoms with E-state index in [9.17, 15) is 0 Å². The van der Waals surface area contributed by atoms with Crippen molar-refractivity contribution in [3.05, 3.63) is 35.4 Å². The van der Waals surface area contributed by atoms with E-state index in [-0.39, 0.29) is 0 Å². The molecule has 5 heteroatoms. The maximum absolute atomic E-state index is 4.81. The van der Waals surface area contributed by atoms with Gasteiger partial charge in [-0.3, -0.25) is 0 Å². The number of nitrogens with one attached hydrogen (secondary N) is 2. The van der Waals surface area contributed by atoms with Crippen molar-refractivity contribution in [1.29, 1.82) is 0 Å². The summed E-state index contributed by atoms with van der Waals surface area (Å²) in [5, 5.41) is 7.82. The summed E-state index contributed by atoms with van der Waals surface area (Å²) in [6.07, 6.45) is 6.01. The van der Waals surface area contributed by atoms with E-state index in [0.717, 1.165) is 37.4 Å². The van der Waals surface area contributed by atoms with Crippen LogP contribution in [0.1, 0.15) is 44.2 Å². The molecule has 1 aliphatic rings. The quantitative estimate of drug-likeness (QED) is 0.549. The van der Waals surface area contributed by atoms with Crippen molar-refractivity contribution in [2.45, 2.75) is 57.5 Å². The van der Waals surface area contributed by atoms with Crippen LogP contribution in [0.15, 0.2) is 29.3 Å². The highest BCUT2D eigenvalue weighted by atomic mass is 32.2. The van der Waals surface area contributed by atoms with Crippen molar-refractivity contribution in [1.82, 2.24) is 15.5 Å². The summed E-state index contributed by atoms with van der Waals surface area (Å²) >= 11 is 1.99. The van der Waals surface area contributed by atoms with Crippen LogP contribution in [0.3, 0.4) is 0 Å². The van der Waals surface area contributed by atoms with Crippen LogP contribution in [-0.2, 0) is 13.1 Å². The molecule has 0 bridgehead atoms. The van der Waals surface area contributed by atoms with Gasteiger partial charge in [0.1, 0.15) is 0 Å². The molecule has 0 heterocycles. The molecule has 0 aliphatic heterocycles. The predicted octanol–water partition coefficient (Wildman–Crippen LogP) is 3.48. The highest BCUT2D eigenvalue weighted by Gasteiger charge is 2.24. The SMILES string of the molecule is CCNC(=NCc1cccc(CN(C)CC)c1)NC1CCC(SC)C1. The lowest BCUT2D eigenvalue weighted by molar-refractivity contribution is 0.345. The second-order valence-corrected chi connectivity index (χ2v) is 8.00. The molecular formula is C20H34N4S. The van der Waals surface area contributed by atoms with Gasteiger partial charge in [0.2, 0.25) is 0 Å². The summed E-state index contributed by atoms with van der Waals surface area (Å²) in [4.78, 5) is 7.13. The molecule has 1 aromatic rings. The first-order valence-corrected chi connectivity index (χ1v) is 10.8. The number of thioether (sulfide) groups is 1. The molecular weight excluding hydrogens is 328 g/mol. The van der Waals surface area contributed by atoms with Gasteiger partial charge in [0.15, 0.2) is 5.96 Å². The highest BCUT2D eigenvalue weighted by molar-refractivity contribution is 7.99. The fourth-order valence-corrected chi connectivity index (χ4v) is 4.02. The van der Waals surface area contributed by atoms with Crippen molar-refractivity contribution in [3.63, 3.8) is 0 Å². The molecule has 2 N–H and O–H groups in total. The fraction of sp³-hybridized carbons (Fsp3) is 0.650. The Morgan fingerprint density at radius 3 is 2.76 bits per heavy atom. The number of guanidine groups is 1. The molecule has 1 saturated carbocycles. The molecule has 1 aliphatic carbocycles. The first kappa shape index (κ1) is 20.1. The fourth-order valence-electron chi connectivity index (χ4n) is 3.22. The molecule has 0 amide bonds. The molecule has 0 radical (unpaired) electrons. The van der Waals surface area contributed by atoms with Crippen LogP contribution in [0.5, 0.6) is 0 Å². The molecule has 140 valence electrons. The van der Waals surface area contributed by atoms with Crippen molar-refractivity contribution < 1.29 is 0 Å². The molecule has 1 fully saturated rings. The summed E-state index contributed by atoms with van der Waals surface area (Å²) < 4.78 is 0. The first-order valence-electron chi connectivity index (χ1n) is 9.48. The van der Waals surface area contributed by atoms with Crippen LogP contribution in [0, 0.1) is 0 Å². The van der Waals surface area contributed by atoms with E-state index >= 15 is 0 Å². The van der Waals surface area contributed by atoms with E-state index in [4.69, 9.17) is 4.99 Å². The van der Waals surface area contributed by atoms with Crippen molar-refractivity contribution >= 4 is 17.7 Å². The van der Waals surface area contributed by atoms with Crippen LogP contribution < -0.4 is 10.6 Å². The Labute approximate surface area is 157 Å². The standard InChI is InChI=1S/C20H34N4S/c1-5-21-20(23-18-10-11-19(13-18)25-4)22-14-16-8-7-9-17(12-16)15-24(3)6-2/h7-9,12,18-19H,5-6,10-11,13-15H2,1-4H3,(H2,21,22,23). The topological polar surface area (TPSA) is 39.7 Å². The van der Waals surface area contributed by atoms with Crippen molar-refractivity contribution in [2.75, 3.05) is 26.4 Å². The van der Waals surface area contributed by atoms with Gasteiger partial charge in [-0.15, -0.1) is 0 Å². The van der Waals surface area contributed by atoms with Crippen LogP contribution >= 0.6 is 11.8 Å². The lowest BCUT2D eigenvalue weighted by atomic mass is 10.1. The predicted molar refractivity (Wildman–Crippen MR) is 111 cm³/mol. The molecule has 0 saturated heterocycles. The minimum atomic E-state index is 0.555. The van der Waals surface area contributed by atoms with Crippen molar-refractivity contribution in [2.24, 2.45) is 4.99 Å². The summed E-state index contributed by atoms with van der Waals surface area (Å²) in [6.45, 7) is 7.98. The lowest BCUT2D eigenvalue weighted by Crippen LogP contribution is -2.42. The number of nitrogens with zero attached hydrogens (tertiary/aromatic N) is 2. The van der Waals surface area contributed by atoms with E-state index in [1.807, 2.05) is 11.8 Å². The van der Waals surface area contributed by atoms with E-state index in [1.54, 1.807) is 0 Å². The van der Waals surface area contributed by atoms with E-state index < -0.39 is 0 Å². The summed E-state index contributed by atoms with van der Waals surface area (Å²) in [7, 11) is 2.15. The molecule has 4 nitrogen and oxygen atoms in total. The minimum absolute atomic E-state index is 0.555. The lowest BCUT2D eigenvalue weighted by Gasteiger charge is -2.17. The van der Waals surface area contributed by atoms with Gasteiger partial charge in [0.05, 0.1) is 6.54 Å². The second-order valence-electron chi connectivity index (χ2n) is 6.86. The van der Waals surface area contributed by atoms with Gasteiger partial charge in [-0.25, -0.2) is 4.99 Å². The maximum Gasteiger partial charge on any atom is 0.191 e. The van der Waals surface area contributed by atoms with Gasteiger partial charge < -0.3 is 15.5 Å². The third-order valence-corrected chi connectivity index (χ3v) is 5.90. The average Bonchev–Trinajstić information content (AvgIpc) is 3.08. The zero-order valence-corrected chi connectivity index (χ0v) is 17.0. The number of aliphatic imine (C=N–C) groups is 1. The Morgan fingerprint density at radius 2 is 2.08 bits per heavy atom. The Hall–Kier alpha value is -1.20. The third kappa shape index (κ3) is 6.90. The minimum Gasteiger partial charge on any atom is -0.357 e. The highest BCUT2D eigenvalue weighted by Crippen LogP contribution is 2.28. The van der Waals surface area contributed by atoms with Gasteiger partial charge in [0.25, 0.3) is 0 Å². The number of rotatable bonds is 8. The molecule has 0 aromatic heterocycles. The molecule has 2 unspecified atom stereocenters. The Balaban J connectivity index is 1.95. The molecule has 2 rings (SSSR count). The normalized spacial score (nSPS) is 20.9. The molecule has 25 heavy (non-hydrogen) atoms. The largest absolute Gasteiger partial charge is 0.357 e. The van der Waals surface area contributed by atoms with Crippen LogP contribution in [0.4, 0.5) is 0 Å². The van der Waals surface area contributed by atoms with Gasteiger partial charge in [0, 0.05) is 24.4 Å². The average molecular weight is 363 g/mol. The van der Waals surface area contributed by atoms with Gasteiger partial charge >= 0.3 is 0 Å². The maximum atomic E-state index is 4.81. The van der Waals surface area contributed by atoms with E-state index in [1.165, 1.54) is 30.4 Å². The van der Waals surface area contributed by atoms with Gasteiger partial charge in [-0.1, -0.05) is 31.2 Å². The second kappa shape index (κ2) is 10.7. The van der Waals surface area contributed by atoms with Crippen molar-refractivity contribution in [3.8, 4) is 0 Å². The number of benzene rings is 1. The van der Waals surface area contributed by atoms with E-state index in [0.29, 0.717) is 6.04 Å². The number of hydrogen-bond acceptors (Lipinski definition) is 3. The molecule has 0 spiro atoms. The van der Waals surface area contributed by atoms with E-state index in [2.05, 4.69) is 66.9 Å². The van der Waals surface area contributed by atoms with Crippen LogP contribution in [0.2, 0.25) is 0 Å². The summed E-state index contributed by atoms with van der Waals surface area (Å²) in [5.74, 6) is 0.949. The van der Waals surface area contributed by atoms with Gasteiger partial charge in [-0.2, -0.15) is 11.8 Å². The Kier molecular flexibility index (Phi) is 8.62. The molecule has 2 atom stereocenters. The third-order valence-electron chi connectivity index (χ3n) is 4.81. The molecule has 1 aromatic carbocycles. The zero-order valence-electron chi connectivity index (χ0n) is 16.2.